The van der Waals surface area contributed by atoms with Crippen molar-refractivity contribution in [1.82, 2.24) is 0 Å². The van der Waals surface area contributed by atoms with Crippen molar-refractivity contribution in [3.05, 3.63) is 35.9 Å². The van der Waals surface area contributed by atoms with Crippen molar-refractivity contribution in [3.63, 3.8) is 0 Å². The van der Waals surface area contributed by atoms with Gasteiger partial charge >= 0.3 is 5.97 Å². The van der Waals surface area contributed by atoms with Crippen LogP contribution in [0.25, 0.3) is 0 Å². The fraction of sp³-hybridized carbons (Fsp3) is 0.837. The van der Waals surface area contributed by atoms with Crippen molar-refractivity contribution < 1.29 is 158 Å². The van der Waals surface area contributed by atoms with Gasteiger partial charge in [0.25, 0.3) is 0 Å². The minimum atomic E-state index is -2.24. The summed E-state index contributed by atoms with van der Waals surface area (Å²) in [6, 6.07) is 7.22. The Hall–Kier alpha value is -2.51. The van der Waals surface area contributed by atoms with Gasteiger partial charge in [-0.05, 0) is 12.1 Å². The minimum Gasteiger partial charge on any atom is -0.394 e. The number of carbonyl (C=O) groups excluding carboxylic acids is 1. The molecule has 0 aromatic heterocycles. The van der Waals surface area contributed by atoms with E-state index in [1.54, 1.807) is 6.07 Å². The van der Waals surface area contributed by atoms with Gasteiger partial charge in [0, 0.05) is 0 Å². The molecular formula is C43H64O32. The summed E-state index contributed by atoms with van der Waals surface area (Å²) in [5, 5.41) is 188. The van der Waals surface area contributed by atoms with E-state index in [2.05, 4.69) is 0 Å². The molecule has 23 rings (SSSR count). The third kappa shape index (κ3) is 11.9. The average Bonchev–Trinajstić information content (AvgIpc) is 3.41. The van der Waals surface area contributed by atoms with E-state index < -0.39 is 230 Å². The lowest BCUT2D eigenvalue weighted by molar-refractivity contribution is -0.419. The minimum absolute atomic E-state index is 0.0636. The molecule has 22 aliphatic heterocycles. The second kappa shape index (κ2) is 25.3. The first-order valence-electron chi connectivity index (χ1n) is 23.8. The zero-order chi connectivity index (χ0) is 54.2. The van der Waals surface area contributed by atoms with E-state index in [1.165, 1.54) is 24.3 Å². The van der Waals surface area contributed by atoms with Gasteiger partial charge in [-0.3, -0.25) is 4.89 Å². The SMILES string of the molecule is O=C(OO[C@@H]1[C@@H](O)[C@H]2O[C@H]3[C@H](O)[C@@H](O)[C@@H](O[C@H]4[C@H](O)[C@@H](O)[C@@H](O[C@H]5[C@H](O)[C@@H](O)[C@@H](O[C@H]6[C@H](O)[C@@H](O)[C@@H](O[C@H]7[C@H](O)[C@@H](O)[C@@H](O[C@H]1[C@@H](CO)O2)O[C@@H]7CO)O[C@@H]6CO)O[C@@H]5CO)O[C@@H]4CO)O[C@@H]3CO)c1ccccc1. The van der Waals surface area contributed by atoms with E-state index >= 15 is 0 Å². The van der Waals surface area contributed by atoms with Gasteiger partial charge in [-0.25, -0.2) is 4.79 Å². The highest BCUT2D eigenvalue weighted by Crippen LogP contribution is 2.38. The van der Waals surface area contributed by atoms with Gasteiger partial charge < -0.3 is 144 Å². The third-order valence-corrected chi connectivity index (χ3v) is 13.9. The molecule has 32 heteroatoms. The van der Waals surface area contributed by atoms with E-state index in [0.29, 0.717) is 0 Å². The Bertz CT molecular complexity index is 1930. The topological polar surface area (TPSA) is 490 Å². The van der Waals surface area contributed by atoms with Crippen LogP contribution in [0.15, 0.2) is 30.3 Å². The summed E-state index contributed by atoms with van der Waals surface area (Å²) in [5.41, 5.74) is -0.0636. The number of hydrogen-bond acceptors (Lipinski definition) is 32. The number of rotatable bonds is 9. The molecule has 0 amide bonds. The molecule has 0 radical (unpaired) electrons. The van der Waals surface area contributed by atoms with Crippen LogP contribution in [-0.4, -0.2) is 317 Å². The highest BCUT2D eigenvalue weighted by Gasteiger charge is 2.59. The zero-order valence-electron chi connectivity index (χ0n) is 39.2. The smallest absolute Gasteiger partial charge is 0.373 e. The maximum Gasteiger partial charge on any atom is 0.373 e. The molecule has 0 aliphatic carbocycles. The predicted molar refractivity (Wildman–Crippen MR) is 227 cm³/mol. The van der Waals surface area contributed by atoms with Gasteiger partial charge in [0.05, 0.1) is 45.2 Å². The van der Waals surface area contributed by atoms with Gasteiger partial charge in [0.1, 0.15) is 140 Å². The molecule has 0 unspecified atom stereocenters. The first kappa shape index (κ1) is 58.6. The van der Waals surface area contributed by atoms with Gasteiger partial charge in [-0.2, -0.15) is 4.89 Å². The molecule has 0 spiro atoms. The lowest BCUT2D eigenvalue weighted by Crippen LogP contribution is -2.69. The molecule has 0 saturated carbocycles. The fourth-order valence-corrected chi connectivity index (χ4v) is 9.74. The van der Waals surface area contributed by atoms with Crippen LogP contribution in [0.2, 0.25) is 0 Å². The summed E-state index contributed by atoms with van der Waals surface area (Å²) in [7, 11) is 0. The van der Waals surface area contributed by atoms with Crippen molar-refractivity contribution in [2.75, 3.05) is 39.6 Å². The third-order valence-electron chi connectivity index (χ3n) is 13.9. The van der Waals surface area contributed by atoms with Gasteiger partial charge in [-0.15, -0.1) is 0 Å². The maximum atomic E-state index is 13.1. The van der Waals surface area contributed by atoms with Gasteiger partial charge in [0.2, 0.25) is 0 Å². The number of carbonyl (C=O) groups is 1. The summed E-state index contributed by atoms with van der Waals surface area (Å²) in [5.74, 6) is -1.14. The fourth-order valence-electron chi connectivity index (χ4n) is 9.74. The molecule has 428 valence electrons. The van der Waals surface area contributed by atoms with Crippen LogP contribution in [0.3, 0.4) is 0 Å². The quantitative estimate of drug-likeness (QED) is 0.0806. The van der Waals surface area contributed by atoms with Crippen LogP contribution >= 0.6 is 0 Å². The Morgan fingerprint density at radius 2 is 0.573 bits per heavy atom. The normalized spacial score (nSPS) is 50.0. The molecule has 12 bridgehead atoms. The second-order valence-electron chi connectivity index (χ2n) is 18.7. The standard InChI is InChI=1S/C43H64O32/c44-6-13-30-19(50)24(55)38(62-13)69-31-14(7-45)64-40(26(57)21(31)52)71-33-16(9-47)66-42(28(59)23(33)54)73-35-18(11-49)67-43(29(60)36(35)74-75-37(61)12-4-2-1-3-5-12)72-34-17(10-48)65-41(27(58)22(34)53)70-32-15(8-46)63-39(68-30)25(56)20(32)51/h1-5,13-36,38-60H,6-11H2/t13-,14-,15-,16-,17-,18-,19-,20-,21-,22-,23-,24-,25-,26-,27-,28-,29-,30-,31-,32-,33-,34-,35+,36-,38-,39-,40-,41-,42-,43-/m1/s1. The molecule has 22 fully saturated rings. The Morgan fingerprint density at radius 3 is 0.840 bits per heavy atom. The van der Waals surface area contributed by atoms with Crippen molar-refractivity contribution in [1.29, 1.82) is 0 Å². The Morgan fingerprint density at radius 1 is 0.333 bits per heavy atom. The lowest BCUT2D eigenvalue weighted by Gasteiger charge is -2.50. The van der Waals surface area contributed by atoms with Crippen molar-refractivity contribution in [3.8, 4) is 0 Å². The highest BCUT2D eigenvalue weighted by atomic mass is 17.2. The first-order chi connectivity index (χ1) is 35.9. The maximum absolute atomic E-state index is 13.1. The van der Waals surface area contributed by atoms with E-state index in [9.17, 15) is 91.6 Å². The number of hydrogen-bond donors (Lipinski definition) is 17. The molecule has 22 aliphatic rings. The average molecular weight is 1090 g/mol. The van der Waals surface area contributed by atoms with Gasteiger partial charge in [0.15, 0.2) is 43.8 Å². The van der Waals surface area contributed by atoms with Crippen LogP contribution < -0.4 is 0 Å². The van der Waals surface area contributed by atoms with Crippen LogP contribution in [0.1, 0.15) is 10.4 Å². The van der Waals surface area contributed by atoms with Crippen molar-refractivity contribution >= 4 is 5.97 Å². The molecule has 1 aromatic rings. The largest absolute Gasteiger partial charge is 0.394 e. The molecule has 17 N–H and O–H groups in total. The number of ether oxygens (including phenoxy) is 12. The van der Waals surface area contributed by atoms with E-state index in [1.807, 2.05) is 0 Å². The summed E-state index contributed by atoms with van der Waals surface area (Å²) in [4.78, 5) is 23.6. The van der Waals surface area contributed by atoms with E-state index in [0.717, 1.165) is 0 Å². The van der Waals surface area contributed by atoms with Crippen molar-refractivity contribution in [2.45, 2.75) is 184 Å². The number of aliphatic hydroxyl groups excluding tert-OH is 17. The van der Waals surface area contributed by atoms with Crippen LogP contribution in [0.4, 0.5) is 0 Å². The van der Waals surface area contributed by atoms with E-state index in [-0.39, 0.29) is 5.56 Å². The molecule has 32 nitrogen and oxygen atoms in total. The Kier molecular flexibility index (Phi) is 19.8. The highest BCUT2D eigenvalue weighted by molar-refractivity contribution is 5.88. The molecule has 22 saturated heterocycles. The van der Waals surface area contributed by atoms with Crippen LogP contribution in [0, 0.1) is 0 Å². The van der Waals surface area contributed by atoms with Crippen LogP contribution in [0.5, 0.6) is 0 Å². The predicted octanol–water partition coefficient (Wildman–Crippen LogP) is -11.3. The van der Waals surface area contributed by atoms with Crippen LogP contribution in [-0.2, 0) is 66.6 Å². The molecular weight excluding hydrogens is 1030 g/mol. The molecule has 1 aromatic carbocycles. The molecule has 22 heterocycles. The Balaban J connectivity index is 1.12. The summed E-state index contributed by atoms with van der Waals surface area (Å²) >= 11 is 0. The molecule has 30 atom stereocenters. The zero-order valence-corrected chi connectivity index (χ0v) is 39.2. The van der Waals surface area contributed by atoms with Crippen molar-refractivity contribution in [2.24, 2.45) is 0 Å². The van der Waals surface area contributed by atoms with Gasteiger partial charge in [-0.1, -0.05) is 18.2 Å². The summed E-state index contributed by atoms with van der Waals surface area (Å²) in [6.07, 6.45) is -60.0. The monoisotopic (exact) mass is 1090 g/mol. The van der Waals surface area contributed by atoms with E-state index in [4.69, 9.17) is 66.6 Å². The lowest BCUT2D eigenvalue weighted by atomic mass is 9.94. The summed E-state index contributed by atoms with van der Waals surface area (Å²) < 4.78 is 69.1. The number of benzene rings is 1. The molecule has 75 heavy (non-hydrogen) atoms. The summed E-state index contributed by atoms with van der Waals surface area (Å²) in [6.45, 7) is -6.23. The second-order valence-corrected chi connectivity index (χ2v) is 18.7. The first-order valence-corrected chi connectivity index (χ1v) is 23.8. The Labute approximate surface area is 423 Å². The number of aliphatic hydroxyl groups is 17.